The van der Waals surface area contributed by atoms with Gasteiger partial charge in [-0.15, -0.1) is 0 Å². The number of hydrogen-bond donors (Lipinski definition) is 0. The molecule has 138 valence electrons. The van der Waals surface area contributed by atoms with E-state index in [0.29, 0.717) is 12.2 Å². The molecule has 0 saturated carbocycles. The third-order valence-electron chi connectivity index (χ3n) is 4.60. The first-order chi connectivity index (χ1) is 11.7. The van der Waals surface area contributed by atoms with Crippen LogP contribution in [0, 0.1) is 0 Å². The van der Waals surface area contributed by atoms with Crippen LogP contribution >= 0.6 is 0 Å². The highest BCUT2D eigenvalue weighted by atomic mass is 16.5. The first-order valence-corrected chi connectivity index (χ1v) is 10.2. The summed E-state index contributed by atoms with van der Waals surface area (Å²) < 4.78 is 12.2. The summed E-state index contributed by atoms with van der Waals surface area (Å²) in [6, 6.07) is 8.21. The van der Waals surface area contributed by atoms with Gasteiger partial charge < -0.3 is 9.47 Å². The first kappa shape index (κ1) is 20.9. The molecule has 0 spiro atoms. The number of hydrogen-bond acceptors (Lipinski definition) is 2. The Morgan fingerprint density at radius 3 is 1.29 bits per heavy atom. The molecule has 1 aromatic carbocycles. The third-order valence-corrected chi connectivity index (χ3v) is 4.60. The molecule has 2 heteroatoms. The van der Waals surface area contributed by atoms with Gasteiger partial charge in [-0.1, -0.05) is 53.4 Å². The lowest BCUT2D eigenvalue weighted by molar-refractivity contribution is 0.177. The van der Waals surface area contributed by atoms with Gasteiger partial charge in [0.05, 0.1) is 12.2 Å². The van der Waals surface area contributed by atoms with Gasteiger partial charge in [0.1, 0.15) is 11.5 Å². The van der Waals surface area contributed by atoms with Crippen molar-refractivity contribution in [3.05, 3.63) is 24.3 Å². The molecule has 0 amide bonds. The average molecular weight is 335 g/mol. The molecule has 0 saturated heterocycles. The molecule has 2 nitrogen and oxygen atoms in total. The van der Waals surface area contributed by atoms with Gasteiger partial charge in [0, 0.05) is 0 Å². The monoisotopic (exact) mass is 334 g/mol. The Balaban J connectivity index is 2.45. The largest absolute Gasteiger partial charge is 0.490 e. The average Bonchev–Trinajstić information content (AvgIpc) is 2.61. The molecule has 0 aliphatic carbocycles. The molecule has 2 unspecified atom stereocenters. The van der Waals surface area contributed by atoms with Gasteiger partial charge in [-0.25, -0.2) is 0 Å². The van der Waals surface area contributed by atoms with Gasteiger partial charge in [0.25, 0.3) is 0 Å². The van der Waals surface area contributed by atoms with Crippen LogP contribution in [0.3, 0.4) is 0 Å². The van der Waals surface area contributed by atoms with Gasteiger partial charge in [-0.3, -0.25) is 0 Å². The van der Waals surface area contributed by atoms with Crippen molar-refractivity contribution >= 4 is 0 Å². The normalized spacial score (nSPS) is 13.5. The van der Waals surface area contributed by atoms with Crippen molar-refractivity contribution < 1.29 is 9.47 Å². The van der Waals surface area contributed by atoms with Crippen LogP contribution in [0.4, 0.5) is 0 Å². The van der Waals surface area contributed by atoms with E-state index >= 15 is 0 Å². The van der Waals surface area contributed by atoms with Gasteiger partial charge >= 0.3 is 0 Å². The highest BCUT2D eigenvalue weighted by molar-refractivity contribution is 5.31. The fraction of sp³-hybridized carbons (Fsp3) is 0.727. The lowest BCUT2D eigenvalue weighted by Gasteiger charge is -2.19. The molecule has 0 aliphatic rings. The Labute approximate surface area is 149 Å². The van der Waals surface area contributed by atoms with E-state index in [1.54, 1.807) is 0 Å². The van der Waals surface area contributed by atoms with Crippen LogP contribution in [-0.4, -0.2) is 12.2 Å². The van der Waals surface area contributed by atoms with Gasteiger partial charge in [-0.05, 0) is 62.8 Å². The van der Waals surface area contributed by atoms with Crippen molar-refractivity contribution in [2.75, 3.05) is 0 Å². The maximum atomic E-state index is 6.12. The molecule has 1 aromatic rings. The van der Waals surface area contributed by atoms with E-state index in [1.165, 1.54) is 38.5 Å². The second-order valence-electron chi connectivity index (χ2n) is 6.76. The summed E-state index contributed by atoms with van der Waals surface area (Å²) in [4.78, 5) is 0. The molecule has 0 aliphatic heterocycles. The van der Waals surface area contributed by atoms with Crippen molar-refractivity contribution in [3.63, 3.8) is 0 Å². The zero-order valence-electron chi connectivity index (χ0n) is 16.4. The molecule has 0 radical (unpaired) electrons. The summed E-state index contributed by atoms with van der Waals surface area (Å²) in [5.74, 6) is 1.93. The maximum Gasteiger partial charge on any atom is 0.119 e. The minimum Gasteiger partial charge on any atom is -0.490 e. The zero-order chi connectivity index (χ0) is 17.6. The number of rotatable bonds is 14. The second-order valence-corrected chi connectivity index (χ2v) is 6.76. The standard InChI is InChI=1S/C22H38O2/c1-5-9-11-13-19(7-3)23-21-15-17-22(18-16-21)24-20(8-4)14-12-10-6-2/h15-20H,5-14H2,1-4H3. The van der Waals surface area contributed by atoms with E-state index in [-0.39, 0.29) is 0 Å². The lowest BCUT2D eigenvalue weighted by Crippen LogP contribution is -2.16. The second kappa shape index (κ2) is 13.1. The van der Waals surface area contributed by atoms with Gasteiger partial charge in [-0.2, -0.15) is 0 Å². The fourth-order valence-corrected chi connectivity index (χ4v) is 2.92. The van der Waals surface area contributed by atoms with E-state index in [4.69, 9.17) is 9.47 Å². The van der Waals surface area contributed by atoms with Crippen molar-refractivity contribution in [1.29, 1.82) is 0 Å². The summed E-state index contributed by atoms with van der Waals surface area (Å²) in [5.41, 5.74) is 0. The highest BCUT2D eigenvalue weighted by Crippen LogP contribution is 2.23. The third kappa shape index (κ3) is 8.61. The van der Waals surface area contributed by atoms with Crippen LogP contribution in [0.5, 0.6) is 11.5 Å². The van der Waals surface area contributed by atoms with Crippen LogP contribution in [0.2, 0.25) is 0 Å². The Morgan fingerprint density at radius 1 is 0.625 bits per heavy atom. The smallest absolute Gasteiger partial charge is 0.119 e. The van der Waals surface area contributed by atoms with E-state index in [2.05, 4.69) is 52.0 Å². The van der Waals surface area contributed by atoms with Crippen molar-refractivity contribution in [1.82, 2.24) is 0 Å². The molecule has 0 bridgehead atoms. The minimum absolute atomic E-state index is 0.334. The van der Waals surface area contributed by atoms with Gasteiger partial charge in [0.15, 0.2) is 0 Å². The SMILES string of the molecule is CCCCCC(CC)Oc1ccc(OC(CC)CCCCC)cc1. The Bertz CT molecular complexity index is 360. The summed E-state index contributed by atoms with van der Waals surface area (Å²) in [7, 11) is 0. The lowest BCUT2D eigenvalue weighted by atomic mass is 10.1. The molecule has 24 heavy (non-hydrogen) atoms. The van der Waals surface area contributed by atoms with E-state index in [9.17, 15) is 0 Å². The first-order valence-electron chi connectivity index (χ1n) is 10.2. The highest BCUT2D eigenvalue weighted by Gasteiger charge is 2.10. The quantitative estimate of drug-likeness (QED) is 0.336. The number of unbranched alkanes of at least 4 members (excludes halogenated alkanes) is 4. The van der Waals surface area contributed by atoms with Gasteiger partial charge in [0.2, 0.25) is 0 Å². The number of benzene rings is 1. The van der Waals surface area contributed by atoms with Crippen LogP contribution in [-0.2, 0) is 0 Å². The molecular formula is C22H38O2. The Hall–Kier alpha value is -1.18. The molecular weight excluding hydrogens is 296 g/mol. The van der Waals surface area contributed by atoms with Crippen LogP contribution in [0.1, 0.15) is 91.9 Å². The fourth-order valence-electron chi connectivity index (χ4n) is 2.92. The summed E-state index contributed by atoms with van der Waals surface area (Å²) in [6.45, 7) is 8.89. The molecule has 0 N–H and O–H groups in total. The predicted octanol–water partition coefficient (Wildman–Crippen LogP) is 7.16. The predicted molar refractivity (Wildman–Crippen MR) is 104 cm³/mol. The summed E-state index contributed by atoms with van der Waals surface area (Å²) in [6.07, 6.45) is 12.7. The van der Waals surface area contributed by atoms with E-state index in [0.717, 1.165) is 37.2 Å². The summed E-state index contributed by atoms with van der Waals surface area (Å²) in [5, 5.41) is 0. The topological polar surface area (TPSA) is 18.5 Å². The van der Waals surface area contributed by atoms with Crippen molar-refractivity contribution in [2.24, 2.45) is 0 Å². The number of ether oxygens (including phenoxy) is 2. The zero-order valence-corrected chi connectivity index (χ0v) is 16.4. The maximum absolute atomic E-state index is 6.12. The summed E-state index contributed by atoms with van der Waals surface area (Å²) >= 11 is 0. The molecule has 0 heterocycles. The molecule has 0 aromatic heterocycles. The minimum atomic E-state index is 0.334. The Morgan fingerprint density at radius 2 is 1.00 bits per heavy atom. The van der Waals surface area contributed by atoms with E-state index in [1.807, 2.05) is 0 Å². The van der Waals surface area contributed by atoms with Crippen LogP contribution in [0.15, 0.2) is 24.3 Å². The van der Waals surface area contributed by atoms with Crippen molar-refractivity contribution in [3.8, 4) is 11.5 Å². The Kier molecular flexibility index (Phi) is 11.4. The van der Waals surface area contributed by atoms with E-state index < -0.39 is 0 Å². The van der Waals surface area contributed by atoms with Crippen LogP contribution < -0.4 is 9.47 Å². The van der Waals surface area contributed by atoms with Crippen LogP contribution in [0.25, 0.3) is 0 Å². The molecule has 1 rings (SSSR count). The molecule has 2 atom stereocenters. The molecule has 0 fully saturated rings. The van der Waals surface area contributed by atoms with Crippen molar-refractivity contribution in [2.45, 2.75) is 104 Å².